The second-order valence-electron chi connectivity index (χ2n) is 3.69. The number of hydrogen-bond acceptors (Lipinski definition) is 6. The number of aliphatic hydroxyl groups excluding tert-OH is 2. The van der Waals surface area contributed by atoms with Crippen LogP contribution in [0.4, 0.5) is 0 Å². The van der Waals surface area contributed by atoms with Crippen LogP contribution in [0.2, 0.25) is 0 Å². The van der Waals surface area contributed by atoms with Crippen LogP contribution in [0.3, 0.4) is 0 Å². The Hall–Kier alpha value is 0.830. The lowest BCUT2D eigenvalue weighted by molar-refractivity contribution is 0.0921. The van der Waals surface area contributed by atoms with E-state index in [2.05, 4.69) is 0 Å². The Morgan fingerprint density at radius 2 is 1.40 bits per heavy atom. The maximum atomic E-state index is 9.50. The van der Waals surface area contributed by atoms with Gasteiger partial charge in [-0.05, 0) is 12.8 Å². The van der Waals surface area contributed by atoms with E-state index >= 15 is 0 Å². The fraction of sp³-hybridized carbons (Fsp3) is 1.00. The summed E-state index contributed by atoms with van der Waals surface area (Å²) in [6, 6.07) is 0. The van der Waals surface area contributed by atoms with E-state index in [1.807, 2.05) is 0 Å². The van der Waals surface area contributed by atoms with E-state index < -0.39 is 16.2 Å². The SMILES string of the molecule is OSC(O)C1CCCC(C(O)SO)C1Cl. The van der Waals surface area contributed by atoms with Gasteiger partial charge in [0.25, 0.3) is 0 Å². The number of halogens is 1. The molecule has 0 aromatic rings. The van der Waals surface area contributed by atoms with Gasteiger partial charge >= 0.3 is 0 Å². The molecule has 0 bridgehead atoms. The Bertz CT molecular complexity index is 179. The molecule has 4 nitrogen and oxygen atoms in total. The number of alkyl halides is 1. The third-order valence-corrected chi connectivity index (χ3v) is 4.62. The average molecular weight is 275 g/mol. The quantitative estimate of drug-likeness (QED) is 0.357. The molecule has 1 saturated carbocycles. The highest BCUT2D eigenvalue weighted by molar-refractivity contribution is 7.94. The monoisotopic (exact) mass is 274 g/mol. The zero-order valence-corrected chi connectivity index (χ0v) is 10.4. The van der Waals surface area contributed by atoms with E-state index in [9.17, 15) is 10.2 Å². The van der Waals surface area contributed by atoms with Gasteiger partial charge in [-0.2, -0.15) is 0 Å². The van der Waals surface area contributed by atoms with Crippen LogP contribution in [0.1, 0.15) is 19.3 Å². The molecule has 1 fully saturated rings. The highest BCUT2D eigenvalue weighted by Crippen LogP contribution is 2.40. The minimum Gasteiger partial charge on any atom is -0.380 e. The zero-order chi connectivity index (χ0) is 11.4. The Kier molecular flexibility index (Phi) is 6.06. The van der Waals surface area contributed by atoms with E-state index in [1.54, 1.807) is 0 Å². The third-order valence-electron chi connectivity index (χ3n) is 2.84. The summed E-state index contributed by atoms with van der Waals surface area (Å²) in [5.74, 6) is -0.496. The molecule has 0 saturated heterocycles. The van der Waals surface area contributed by atoms with Crippen molar-refractivity contribution >= 4 is 35.7 Å². The van der Waals surface area contributed by atoms with Gasteiger partial charge < -0.3 is 19.3 Å². The predicted molar refractivity (Wildman–Crippen MR) is 62.9 cm³/mol. The summed E-state index contributed by atoms with van der Waals surface area (Å²) in [4.78, 5) is 0. The molecule has 7 heteroatoms. The number of hydrogen-bond donors (Lipinski definition) is 4. The number of rotatable bonds is 4. The summed E-state index contributed by atoms with van der Waals surface area (Å²) < 4.78 is 17.6. The van der Waals surface area contributed by atoms with Crippen LogP contribution in [0, 0.1) is 11.8 Å². The maximum Gasteiger partial charge on any atom is 0.129 e. The molecule has 1 aliphatic rings. The van der Waals surface area contributed by atoms with Crippen molar-refractivity contribution in [3.63, 3.8) is 0 Å². The summed E-state index contributed by atoms with van der Waals surface area (Å²) in [6.07, 6.45) is 2.28. The molecule has 15 heavy (non-hydrogen) atoms. The van der Waals surface area contributed by atoms with Gasteiger partial charge in [0.15, 0.2) is 0 Å². The largest absolute Gasteiger partial charge is 0.380 e. The van der Waals surface area contributed by atoms with Gasteiger partial charge in [0.05, 0.1) is 0 Å². The highest BCUT2D eigenvalue weighted by Gasteiger charge is 2.39. The molecule has 90 valence electrons. The first kappa shape index (κ1) is 13.9. The Morgan fingerprint density at radius 3 is 1.73 bits per heavy atom. The first-order chi connectivity index (χ1) is 7.11. The fourth-order valence-electron chi connectivity index (χ4n) is 1.98. The normalized spacial score (nSPS) is 36.2. The summed E-state index contributed by atoms with van der Waals surface area (Å²) in [7, 11) is 0. The minimum absolute atomic E-state index is 0.248. The van der Waals surface area contributed by atoms with Gasteiger partial charge in [-0.1, -0.05) is 6.42 Å². The summed E-state index contributed by atoms with van der Waals surface area (Å²) in [5.41, 5.74) is -1.85. The molecule has 1 aliphatic carbocycles. The molecular formula is C8H15ClO4S2. The minimum atomic E-state index is -0.925. The number of aliphatic hydroxyl groups is 2. The molecule has 0 aromatic heterocycles. The molecule has 0 aliphatic heterocycles. The van der Waals surface area contributed by atoms with Crippen LogP contribution in [0.15, 0.2) is 0 Å². The molecule has 0 heterocycles. The van der Waals surface area contributed by atoms with E-state index in [4.69, 9.17) is 20.7 Å². The van der Waals surface area contributed by atoms with Gasteiger partial charge in [0.2, 0.25) is 0 Å². The van der Waals surface area contributed by atoms with Crippen LogP contribution >= 0.6 is 35.7 Å². The van der Waals surface area contributed by atoms with E-state index in [-0.39, 0.29) is 11.8 Å². The lowest BCUT2D eigenvalue weighted by Gasteiger charge is -2.37. The first-order valence-electron chi connectivity index (χ1n) is 4.72. The van der Waals surface area contributed by atoms with Crippen molar-refractivity contribution in [3.8, 4) is 0 Å². The standard InChI is InChI=1S/C8H15ClO4S2/c9-6-4(7(10)14-12)2-1-3-5(6)8(11)15-13/h4-8,10-13H,1-3H2. The van der Waals surface area contributed by atoms with Crippen LogP contribution in [0.25, 0.3) is 0 Å². The Labute approximate surface area is 102 Å². The zero-order valence-electron chi connectivity index (χ0n) is 7.99. The fourth-order valence-corrected chi connectivity index (χ4v) is 3.60. The Morgan fingerprint density at radius 1 is 1.00 bits per heavy atom. The second-order valence-corrected chi connectivity index (χ2v) is 5.59. The van der Waals surface area contributed by atoms with Crippen LogP contribution in [-0.4, -0.2) is 35.6 Å². The van der Waals surface area contributed by atoms with Crippen molar-refractivity contribution in [2.45, 2.75) is 35.5 Å². The third kappa shape index (κ3) is 3.39. The average Bonchev–Trinajstić information content (AvgIpc) is 2.27. The van der Waals surface area contributed by atoms with Gasteiger partial charge in [-0.25, -0.2) is 0 Å². The van der Waals surface area contributed by atoms with Crippen molar-refractivity contribution in [1.82, 2.24) is 0 Å². The van der Waals surface area contributed by atoms with Crippen LogP contribution < -0.4 is 0 Å². The van der Waals surface area contributed by atoms with Crippen molar-refractivity contribution in [2.24, 2.45) is 11.8 Å². The smallest absolute Gasteiger partial charge is 0.129 e. The lowest BCUT2D eigenvalue weighted by atomic mass is 9.81. The van der Waals surface area contributed by atoms with Crippen LogP contribution in [-0.2, 0) is 0 Å². The molecule has 0 amide bonds. The molecule has 0 spiro atoms. The van der Waals surface area contributed by atoms with Crippen LogP contribution in [0.5, 0.6) is 0 Å². The molecule has 0 radical (unpaired) electrons. The maximum absolute atomic E-state index is 9.50. The molecule has 0 aromatic carbocycles. The molecule has 4 unspecified atom stereocenters. The molecule has 1 rings (SSSR count). The van der Waals surface area contributed by atoms with Crippen molar-refractivity contribution in [2.75, 3.05) is 0 Å². The molecule has 4 atom stereocenters. The second kappa shape index (κ2) is 6.54. The van der Waals surface area contributed by atoms with Crippen molar-refractivity contribution < 1.29 is 19.3 Å². The van der Waals surface area contributed by atoms with E-state index in [0.29, 0.717) is 24.1 Å². The van der Waals surface area contributed by atoms with Crippen molar-refractivity contribution in [3.05, 3.63) is 0 Å². The topological polar surface area (TPSA) is 80.9 Å². The lowest BCUT2D eigenvalue weighted by Crippen LogP contribution is -2.39. The van der Waals surface area contributed by atoms with E-state index in [0.717, 1.165) is 19.3 Å². The van der Waals surface area contributed by atoms with E-state index in [1.165, 1.54) is 0 Å². The summed E-state index contributed by atoms with van der Waals surface area (Å²) >= 11 is 6.88. The van der Waals surface area contributed by atoms with Gasteiger partial charge in [-0.3, -0.25) is 0 Å². The molecule has 4 N–H and O–H groups in total. The van der Waals surface area contributed by atoms with Gasteiger partial charge in [0.1, 0.15) is 10.9 Å². The van der Waals surface area contributed by atoms with Crippen molar-refractivity contribution in [1.29, 1.82) is 0 Å². The van der Waals surface area contributed by atoms with Gasteiger partial charge in [0, 0.05) is 41.3 Å². The Balaban J connectivity index is 2.62. The van der Waals surface area contributed by atoms with Gasteiger partial charge in [-0.15, -0.1) is 11.6 Å². The molecular weight excluding hydrogens is 260 g/mol. The highest BCUT2D eigenvalue weighted by atomic mass is 35.5. The summed E-state index contributed by atoms with van der Waals surface area (Å²) in [5, 5.41) is 18.6. The summed E-state index contributed by atoms with van der Waals surface area (Å²) in [6.45, 7) is 0. The predicted octanol–water partition coefficient (Wildman–Crippen LogP) is 2.06. The first-order valence-corrected chi connectivity index (χ1v) is 6.83.